The van der Waals surface area contributed by atoms with E-state index in [1.807, 2.05) is 0 Å². The quantitative estimate of drug-likeness (QED) is 0.549. The van der Waals surface area contributed by atoms with Crippen LogP contribution in [0.1, 0.15) is 11.1 Å². The van der Waals surface area contributed by atoms with Gasteiger partial charge in [-0.3, -0.25) is 10.0 Å². The van der Waals surface area contributed by atoms with Gasteiger partial charge in [0.25, 0.3) is 0 Å². The van der Waals surface area contributed by atoms with Gasteiger partial charge in [0, 0.05) is 16.1 Å². The van der Waals surface area contributed by atoms with E-state index in [2.05, 4.69) is 4.99 Å². The number of fused-ring (bicyclic) bond motifs is 1. The summed E-state index contributed by atoms with van der Waals surface area (Å²) in [6.07, 6.45) is 0. The van der Waals surface area contributed by atoms with Gasteiger partial charge >= 0.3 is 11.8 Å². The van der Waals surface area contributed by atoms with Crippen molar-refractivity contribution in [3.63, 3.8) is 0 Å². The summed E-state index contributed by atoms with van der Waals surface area (Å²) in [6, 6.07) is 13.0. The van der Waals surface area contributed by atoms with Crippen LogP contribution in [-0.2, 0) is 4.79 Å². The van der Waals surface area contributed by atoms with Crippen molar-refractivity contribution >= 4 is 28.9 Å². The van der Waals surface area contributed by atoms with Gasteiger partial charge in [0.15, 0.2) is 0 Å². The Morgan fingerprint density at radius 2 is 1.77 bits per heavy atom. The van der Waals surface area contributed by atoms with E-state index in [0.717, 1.165) is 0 Å². The third kappa shape index (κ3) is 2.38. The maximum Gasteiger partial charge on any atom is 0.351 e. The number of hydrogen-bond acceptors (Lipinski definition) is 5. The normalized spacial score (nSPS) is 16.8. The molecule has 3 N–H and O–H groups in total. The molecule has 1 aliphatic heterocycles. The molecule has 2 aromatic carbocycles. The average molecular weight is 319 g/mol. The first-order valence-electron chi connectivity index (χ1n) is 6.33. The number of aliphatic imine (C=N–C) groups is 1. The Labute approximate surface area is 130 Å². The first-order valence-corrected chi connectivity index (χ1v) is 6.71. The molecule has 0 aliphatic carbocycles. The van der Waals surface area contributed by atoms with Crippen LogP contribution in [-0.4, -0.2) is 33.0 Å². The van der Waals surface area contributed by atoms with Gasteiger partial charge < -0.3 is 10.2 Å². The van der Waals surface area contributed by atoms with Crippen molar-refractivity contribution in [2.75, 3.05) is 5.06 Å². The molecule has 6 nitrogen and oxygen atoms in total. The third-order valence-electron chi connectivity index (χ3n) is 3.24. The van der Waals surface area contributed by atoms with E-state index in [0.29, 0.717) is 16.1 Å². The standard InChI is InChI=1S/C15H11ClN2O4/c16-10-6-7-12-11(8-10)13(9-4-2-1-3-5-9)17-15(20,21)14(19)18(12)22/h1-8,20-22H. The number of amides is 1. The van der Waals surface area contributed by atoms with Gasteiger partial charge in [-0.05, 0) is 18.2 Å². The van der Waals surface area contributed by atoms with Crippen molar-refractivity contribution in [2.24, 2.45) is 4.99 Å². The minimum atomic E-state index is -3.08. The van der Waals surface area contributed by atoms with Gasteiger partial charge in [-0.2, -0.15) is 5.06 Å². The zero-order chi connectivity index (χ0) is 15.9. The lowest BCUT2D eigenvalue weighted by Crippen LogP contribution is -2.46. The number of anilines is 1. The molecule has 0 fully saturated rings. The fourth-order valence-electron chi connectivity index (χ4n) is 2.21. The van der Waals surface area contributed by atoms with E-state index >= 15 is 0 Å². The Morgan fingerprint density at radius 3 is 2.45 bits per heavy atom. The van der Waals surface area contributed by atoms with Crippen molar-refractivity contribution in [1.82, 2.24) is 0 Å². The lowest BCUT2D eigenvalue weighted by molar-refractivity contribution is -0.183. The Bertz CT molecular complexity index is 774. The van der Waals surface area contributed by atoms with Crippen LogP contribution >= 0.6 is 11.6 Å². The number of benzodiazepines with no additional fused rings is 1. The number of halogens is 1. The van der Waals surface area contributed by atoms with Gasteiger partial charge in [-0.1, -0.05) is 41.9 Å². The van der Waals surface area contributed by atoms with E-state index in [1.165, 1.54) is 18.2 Å². The van der Waals surface area contributed by atoms with Crippen molar-refractivity contribution < 1.29 is 20.2 Å². The number of nitrogens with zero attached hydrogens (tertiary/aromatic N) is 2. The molecule has 0 saturated carbocycles. The van der Waals surface area contributed by atoms with E-state index in [9.17, 15) is 20.2 Å². The fourth-order valence-corrected chi connectivity index (χ4v) is 2.39. The topological polar surface area (TPSA) is 93.4 Å². The Kier molecular flexibility index (Phi) is 3.46. The molecule has 0 radical (unpaired) electrons. The second kappa shape index (κ2) is 5.19. The predicted octanol–water partition coefficient (Wildman–Crippen LogP) is 1.55. The van der Waals surface area contributed by atoms with E-state index in [1.54, 1.807) is 30.3 Å². The molecule has 0 bridgehead atoms. The second-order valence-electron chi connectivity index (χ2n) is 4.74. The lowest BCUT2D eigenvalue weighted by atomic mass is 10.0. The summed E-state index contributed by atoms with van der Waals surface area (Å²) in [4.78, 5) is 15.6. The van der Waals surface area contributed by atoms with Crippen molar-refractivity contribution in [3.8, 4) is 0 Å². The third-order valence-corrected chi connectivity index (χ3v) is 3.47. The van der Waals surface area contributed by atoms with Crippen LogP contribution < -0.4 is 5.06 Å². The average Bonchev–Trinajstić information content (AvgIpc) is 2.58. The monoisotopic (exact) mass is 318 g/mol. The molecule has 7 heteroatoms. The SMILES string of the molecule is O=C1N(O)c2ccc(Cl)cc2C(c2ccccc2)=NC1(O)O. The Morgan fingerprint density at radius 1 is 1.09 bits per heavy atom. The highest BCUT2D eigenvalue weighted by Crippen LogP contribution is 2.31. The highest BCUT2D eigenvalue weighted by molar-refractivity contribution is 6.32. The molecule has 0 aromatic heterocycles. The summed E-state index contributed by atoms with van der Waals surface area (Å²) in [5.74, 6) is -4.45. The number of rotatable bonds is 1. The smallest absolute Gasteiger partial charge is 0.340 e. The molecular formula is C15H11ClN2O4. The highest BCUT2D eigenvalue weighted by Gasteiger charge is 2.42. The Balaban J connectivity index is 2.32. The van der Waals surface area contributed by atoms with E-state index in [4.69, 9.17) is 11.6 Å². The van der Waals surface area contributed by atoms with Crippen LogP contribution in [0.2, 0.25) is 5.02 Å². The summed E-state index contributed by atoms with van der Waals surface area (Å²) >= 11 is 5.97. The van der Waals surface area contributed by atoms with Crippen molar-refractivity contribution in [2.45, 2.75) is 5.91 Å². The fraction of sp³-hybridized carbons (Fsp3) is 0.0667. The summed E-state index contributed by atoms with van der Waals surface area (Å²) in [5.41, 5.74) is 1.04. The minimum Gasteiger partial charge on any atom is -0.340 e. The summed E-state index contributed by atoms with van der Waals surface area (Å²) in [6.45, 7) is 0. The van der Waals surface area contributed by atoms with Gasteiger partial charge in [-0.25, -0.2) is 4.99 Å². The van der Waals surface area contributed by atoms with Crippen LogP contribution in [0.3, 0.4) is 0 Å². The molecule has 0 saturated heterocycles. The predicted molar refractivity (Wildman–Crippen MR) is 80.0 cm³/mol. The molecule has 2 aromatic rings. The maximum atomic E-state index is 11.9. The summed E-state index contributed by atoms with van der Waals surface area (Å²) in [7, 11) is 0. The zero-order valence-corrected chi connectivity index (χ0v) is 11.9. The number of hydrogen-bond donors (Lipinski definition) is 3. The zero-order valence-electron chi connectivity index (χ0n) is 11.1. The first kappa shape index (κ1) is 14.7. The molecule has 1 aliphatic rings. The maximum absolute atomic E-state index is 11.9. The summed E-state index contributed by atoms with van der Waals surface area (Å²) in [5, 5.41) is 30.2. The van der Waals surface area contributed by atoms with Gasteiger partial charge in [0.05, 0.1) is 11.4 Å². The lowest BCUT2D eigenvalue weighted by Gasteiger charge is -2.19. The van der Waals surface area contributed by atoms with Crippen LogP contribution in [0.15, 0.2) is 53.5 Å². The first-order chi connectivity index (χ1) is 10.4. The largest absolute Gasteiger partial charge is 0.351 e. The van der Waals surface area contributed by atoms with Gasteiger partial charge in [-0.15, -0.1) is 0 Å². The number of carbonyl (C=O) groups excluding carboxylic acids is 1. The number of carbonyl (C=O) groups is 1. The van der Waals surface area contributed by atoms with Crippen LogP contribution in [0, 0.1) is 0 Å². The van der Waals surface area contributed by atoms with Crippen molar-refractivity contribution in [3.05, 3.63) is 64.7 Å². The minimum absolute atomic E-state index is 0.0574. The van der Waals surface area contributed by atoms with Crippen LogP contribution in [0.4, 0.5) is 5.69 Å². The van der Waals surface area contributed by atoms with Crippen LogP contribution in [0.25, 0.3) is 0 Å². The number of benzene rings is 2. The van der Waals surface area contributed by atoms with Gasteiger partial charge in [0.1, 0.15) is 0 Å². The van der Waals surface area contributed by atoms with Gasteiger partial charge in [0.2, 0.25) is 0 Å². The molecule has 0 atom stereocenters. The summed E-state index contributed by atoms with van der Waals surface area (Å²) < 4.78 is 0. The number of aliphatic hydroxyl groups is 2. The second-order valence-corrected chi connectivity index (χ2v) is 5.18. The van der Waals surface area contributed by atoms with Crippen LogP contribution in [0.5, 0.6) is 0 Å². The molecule has 3 rings (SSSR count). The number of hydroxylamine groups is 1. The molecule has 0 unspecified atom stereocenters. The van der Waals surface area contributed by atoms with E-state index < -0.39 is 11.8 Å². The molecule has 112 valence electrons. The highest BCUT2D eigenvalue weighted by atomic mass is 35.5. The molecular weight excluding hydrogens is 308 g/mol. The molecule has 1 amide bonds. The molecule has 22 heavy (non-hydrogen) atoms. The van der Waals surface area contributed by atoms with E-state index in [-0.39, 0.29) is 16.5 Å². The molecule has 0 spiro atoms. The Hall–Kier alpha value is -2.25. The molecule has 1 heterocycles. The van der Waals surface area contributed by atoms with Crippen molar-refractivity contribution in [1.29, 1.82) is 0 Å².